The Morgan fingerprint density at radius 1 is 1.15 bits per heavy atom. The average Bonchev–Trinajstić information content (AvgIpc) is 3.18. The molecule has 1 N–H and O–H groups in total. The highest BCUT2D eigenvalue weighted by Gasteiger charge is 2.15. The summed E-state index contributed by atoms with van der Waals surface area (Å²) in [6.07, 6.45) is 6.82. The van der Waals surface area contributed by atoms with Crippen LogP contribution in [0.4, 0.5) is 0 Å². The van der Waals surface area contributed by atoms with Crippen LogP contribution in [0.3, 0.4) is 0 Å². The minimum Gasteiger partial charge on any atom is -0.348 e. The maximum atomic E-state index is 12.5. The molecule has 1 aliphatic heterocycles. The molecule has 1 fully saturated rings. The van der Waals surface area contributed by atoms with Gasteiger partial charge >= 0.3 is 0 Å². The van der Waals surface area contributed by atoms with Crippen molar-refractivity contribution in [3.8, 4) is 0 Å². The molecule has 0 atom stereocenters. The fourth-order valence-corrected chi connectivity index (χ4v) is 4.17. The second-order valence-electron chi connectivity index (χ2n) is 6.82. The van der Waals surface area contributed by atoms with Crippen LogP contribution >= 0.6 is 11.3 Å². The minimum absolute atomic E-state index is 0.0689. The second kappa shape index (κ2) is 8.02. The molecular formula is C20H22N4O2S. The van der Waals surface area contributed by atoms with Crippen molar-refractivity contribution in [2.75, 3.05) is 13.1 Å². The van der Waals surface area contributed by atoms with Crippen molar-refractivity contribution in [3.63, 3.8) is 0 Å². The Morgan fingerprint density at radius 2 is 1.93 bits per heavy atom. The van der Waals surface area contributed by atoms with E-state index in [-0.39, 0.29) is 17.0 Å². The van der Waals surface area contributed by atoms with Crippen LogP contribution in [-0.4, -0.2) is 33.3 Å². The molecule has 6 nitrogen and oxygen atoms in total. The number of rotatable bonds is 5. The van der Waals surface area contributed by atoms with E-state index in [1.165, 1.54) is 46.8 Å². The van der Waals surface area contributed by atoms with Crippen LogP contribution < -0.4 is 10.9 Å². The summed E-state index contributed by atoms with van der Waals surface area (Å²) in [5, 5.41) is 4.66. The zero-order chi connectivity index (χ0) is 18.6. The summed E-state index contributed by atoms with van der Waals surface area (Å²) in [7, 11) is 0. The molecule has 0 spiro atoms. The number of benzene rings is 1. The molecule has 0 saturated carbocycles. The number of piperidine rings is 1. The first-order chi connectivity index (χ1) is 13.2. The van der Waals surface area contributed by atoms with Gasteiger partial charge in [-0.3, -0.25) is 18.9 Å². The van der Waals surface area contributed by atoms with Crippen molar-refractivity contribution in [2.24, 2.45) is 0 Å². The van der Waals surface area contributed by atoms with Crippen LogP contribution in [0.25, 0.3) is 4.96 Å². The monoisotopic (exact) mass is 382 g/mol. The van der Waals surface area contributed by atoms with Crippen LogP contribution in [0.15, 0.2) is 46.8 Å². The van der Waals surface area contributed by atoms with Crippen molar-refractivity contribution in [1.82, 2.24) is 19.6 Å². The summed E-state index contributed by atoms with van der Waals surface area (Å²) in [5.41, 5.74) is 2.05. The first-order valence-corrected chi connectivity index (χ1v) is 10.1. The number of nitrogens with one attached hydrogen (secondary N) is 1. The summed E-state index contributed by atoms with van der Waals surface area (Å²) in [6, 6.07) is 8.16. The zero-order valence-electron chi connectivity index (χ0n) is 15.1. The Balaban J connectivity index is 1.47. The van der Waals surface area contributed by atoms with Crippen LogP contribution in [0, 0.1) is 0 Å². The van der Waals surface area contributed by atoms with E-state index in [1.807, 2.05) is 18.2 Å². The summed E-state index contributed by atoms with van der Waals surface area (Å²) in [6.45, 7) is 3.55. The third-order valence-electron chi connectivity index (χ3n) is 4.99. The normalized spacial score (nSPS) is 15.1. The highest BCUT2D eigenvalue weighted by molar-refractivity contribution is 7.15. The van der Waals surface area contributed by atoms with Crippen molar-refractivity contribution < 1.29 is 4.79 Å². The minimum atomic E-state index is -0.388. The number of carbonyl (C=O) groups is 1. The van der Waals surface area contributed by atoms with Gasteiger partial charge in [-0.25, -0.2) is 4.98 Å². The maximum Gasteiger partial charge on any atom is 0.271 e. The lowest BCUT2D eigenvalue weighted by molar-refractivity contribution is 0.0948. The molecule has 0 radical (unpaired) electrons. The Hall–Kier alpha value is -2.51. The Bertz CT molecular complexity index is 1000. The molecule has 2 aromatic heterocycles. The molecule has 1 aliphatic rings. The number of likely N-dealkylation sites (tertiary alicyclic amines) is 1. The molecule has 0 aliphatic carbocycles. The van der Waals surface area contributed by atoms with Gasteiger partial charge < -0.3 is 5.32 Å². The third-order valence-corrected chi connectivity index (χ3v) is 5.76. The largest absolute Gasteiger partial charge is 0.348 e. The van der Waals surface area contributed by atoms with E-state index >= 15 is 0 Å². The standard InChI is InChI=1S/C20H22N4O2S/c25-18(17-13-22-20-24(19(17)26)10-11-27-20)21-12-15-6-2-3-7-16(15)14-23-8-4-1-5-9-23/h2-3,6-7,10-11,13H,1,4-5,8-9,12,14H2,(H,21,25). The zero-order valence-corrected chi connectivity index (χ0v) is 15.9. The Morgan fingerprint density at radius 3 is 2.74 bits per heavy atom. The van der Waals surface area contributed by atoms with Crippen molar-refractivity contribution in [3.05, 3.63) is 69.1 Å². The molecule has 3 aromatic rings. The number of thiazole rings is 1. The maximum absolute atomic E-state index is 12.5. The molecule has 1 saturated heterocycles. The summed E-state index contributed by atoms with van der Waals surface area (Å²) in [4.78, 5) is 32.2. The first kappa shape index (κ1) is 17.9. The molecule has 140 valence electrons. The number of hydrogen-bond acceptors (Lipinski definition) is 5. The lowest BCUT2D eigenvalue weighted by Crippen LogP contribution is -2.32. The summed E-state index contributed by atoms with van der Waals surface area (Å²) >= 11 is 1.37. The molecule has 0 unspecified atom stereocenters. The second-order valence-corrected chi connectivity index (χ2v) is 7.69. The molecule has 27 heavy (non-hydrogen) atoms. The van der Waals surface area contributed by atoms with E-state index in [4.69, 9.17) is 0 Å². The van der Waals surface area contributed by atoms with Gasteiger partial charge in [0.05, 0.1) is 0 Å². The SMILES string of the molecule is O=C(NCc1ccccc1CN1CCCCC1)c1cnc2sccn2c1=O. The highest BCUT2D eigenvalue weighted by Crippen LogP contribution is 2.16. The highest BCUT2D eigenvalue weighted by atomic mass is 32.1. The van der Waals surface area contributed by atoms with Gasteiger partial charge in [0.15, 0.2) is 4.96 Å². The third kappa shape index (κ3) is 3.94. The summed E-state index contributed by atoms with van der Waals surface area (Å²) in [5.74, 6) is -0.388. The molecule has 0 bridgehead atoms. The van der Waals surface area contributed by atoms with E-state index in [9.17, 15) is 9.59 Å². The van der Waals surface area contributed by atoms with Gasteiger partial charge in [-0.15, -0.1) is 11.3 Å². The van der Waals surface area contributed by atoms with Gasteiger partial charge in [0.2, 0.25) is 0 Å². The topological polar surface area (TPSA) is 66.7 Å². The molecule has 1 aromatic carbocycles. The molecule has 4 rings (SSSR count). The van der Waals surface area contributed by atoms with Gasteiger partial charge in [0, 0.05) is 30.9 Å². The predicted octanol–water partition coefficient (Wildman–Crippen LogP) is 2.67. The molecule has 7 heteroatoms. The number of hydrogen-bond donors (Lipinski definition) is 1. The van der Waals surface area contributed by atoms with Crippen LogP contribution in [-0.2, 0) is 13.1 Å². The Kier molecular flexibility index (Phi) is 5.31. The number of carbonyl (C=O) groups excluding carboxylic acids is 1. The lowest BCUT2D eigenvalue weighted by atomic mass is 10.0. The van der Waals surface area contributed by atoms with Gasteiger partial charge in [0.25, 0.3) is 11.5 Å². The quantitative estimate of drug-likeness (QED) is 0.737. The van der Waals surface area contributed by atoms with Crippen LogP contribution in [0.1, 0.15) is 40.7 Å². The number of amides is 1. The smallest absolute Gasteiger partial charge is 0.271 e. The van der Waals surface area contributed by atoms with E-state index in [2.05, 4.69) is 21.3 Å². The fourth-order valence-electron chi connectivity index (χ4n) is 3.49. The first-order valence-electron chi connectivity index (χ1n) is 9.24. The Labute approximate surface area is 161 Å². The number of fused-ring (bicyclic) bond motifs is 1. The van der Waals surface area contributed by atoms with E-state index in [1.54, 1.807) is 11.6 Å². The van der Waals surface area contributed by atoms with Crippen molar-refractivity contribution in [1.29, 1.82) is 0 Å². The predicted molar refractivity (Wildman–Crippen MR) is 106 cm³/mol. The van der Waals surface area contributed by atoms with Gasteiger partial charge in [-0.1, -0.05) is 30.7 Å². The van der Waals surface area contributed by atoms with E-state index in [0.29, 0.717) is 11.5 Å². The number of aromatic nitrogens is 2. The van der Waals surface area contributed by atoms with Crippen molar-refractivity contribution >= 4 is 22.2 Å². The molecule has 3 heterocycles. The average molecular weight is 382 g/mol. The fraction of sp³-hybridized carbons (Fsp3) is 0.350. The van der Waals surface area contributed by atoms with E-state index in [0.717, 1.165) is 25.2 Å². The molecular weight excluding hydrogens is 360 g/mol. The van der Waals surface area contributed by atoms with Gasteiger partial charge in [0.1, 0.15) is 5.56 Å². The summed E-state index contributed by atoms with van der Waals surface area (Å²) < 4.78 is 1.41. The molecule has 1 amide bonds. The number of nitrogens with zero attached hydrogens (tertiary/aromatic N) is 3. The van der Waals surface area contributed by atoms with Crippen LogP contribution in [0.5, 0.6) is 0 Å². The van der Waals surface area contributed by atoms with Gasteiger partial charge in [-0.2, -0.15) is 0 Å². The van der Waals surface area contributed by atoms with Crippen molar-refractivity contribution in [2.45, 2.75) is 32.4 Å². The van der Waals surface area contributed by atoms with Crippen LogP contribution in [0.2, 0.25) is 0 Å². The van der Waals surface area contributed by atoms with E-state index < -0.39 is 0 Å². The lowest BCUT2D eigenvalue weighted by Gasteiger charge is -2.27. The van der Waals surface area contributed by atoms with Gasteiger partial charge in [-0.05, 0) is 37.1 Å².